The van der Waals surface area contributed by atoms with Gasteiger partial charge in [-0.25, -0.2) is 4.98 Å². The molecule has 0 amide bonds. The Morgan fingerprint density at radius 2 is 1.38 bits per heavy atom. The third-order valence-corrected chi connectivity index (χ3v) is 7.02. The highest BCUT2D eigenvalue weighted by molar-refractivity contribution is 6.46. The summed E-state index contributed by atoms with van der Waals surface area (Å²) in [6.45, 7) is 14.5. The highest BCUT2D eigenvalue weighted by Crippen LogP contribution is 2.60. The lowest BCUT2D eigenvalue weighted by Crippen LogP contribution is -2.43. The van der Waals surface area contributed by atoms with Gasteiger partial charge in [-0.2, -0.15) is 0 Å². The maximum absolute atomic E-state index is 4.68. The Morgan fingerprint density at radius 3 is 1.90 bits per heavy atom. The Morgan fingerprint density at radius 1 is 0.905 bits per heavy atom. The Balaban J connectivity index is 2.59. The highest BCUT2D eigenvalue weighted by Gasteiger charge is 2.58. The monoisotopic (exact) mass is 280 g/mol. The molecule has 1 aliphatic carbocycles. The zero-order valence-electron chi connectivity index (χ0n) is 15.0. The molecule has 0 aliphatic heterocycles. The molecule has 2 aromatic rings. The number of fused-ring (bicyclic) bond motifs is 2. The average molecular weight is 280 g/mol. The first-order chi connectivity index (χ1) is 9.46. The summed E-state index contributed by atoms with van der Waals surface area (Å²) in [5.74, 6) is 0. The van der Waals surface area contributed by atoms with Crippen molar-refractivity contribution in [3.05, 3.63) is 17.5 Å². The van der Waals surface area contributed by atoms with Gasteiger partial charge in [-0.3, -0.25) is 0 Å². The highest BCUT2D eigenvalue weighted by atomic mass is 15.0. The fourth-order valence-corrected chi connectivity index (χ4v) is 4.73. The summed E-state index contributed by atoms with van der Waals surface area (Å²) in [6, 6.07) is 0. The van der Waals surface area contributed by atoms with Gasteiger partial charge in [0.2, 0.25) is 0 Å². The minimum Gasteiger partial charge on any atom is -0.334 e. The summed E-state index contributed by atoms with van der Waals surface area (Å²) in [4.78, 5) is 4.68. The van der Waals surface area contributed by atoms with Gasteiger partial charge < -0.3 is 4.57 Å². The predicted molar refractivity (Wildman–Crippen MR) is 96.9 cm³/mol. The van der Waals surface area contributed by atoms with Crippen LogP contribution in [0.1, 0.15) is 52.7 Å². The van der Waals surface area contributed by atoms with Gasteiger partial charge >= 0.3 is 0 Å². The Kier molecular flexibility index (Phi) is 2.65. The van der Waals surface area contributed by atoms with Crippen molar-refractivity contribution in [2.75, 3.05) is 0 Å². The molecule has 4 heteroatoms. The summed E-state index contributed by atoms with van der Waals surface area (Å²) >= 11 is 0. The van der Waals surface area contributed by atoms with E-state index in [-0.39, 0.29) is 16.2 Å². The van der Waals surface area contributed by atoms with E-state index >= 15 is 0 Å². The summed E-state index contributed by atoms with van der Waals surface area (Å²) < 4.78 is 2.17. The van der Waals surface area contributed by atoms with Crippen molar-refractivity contribution in [2.45, 2.75) is 52.4 Å². The number of hydrogen-bond donors (Lipinski definition) is 0. The standard InChI is InChI=1S/C17H26B2N2/c1-15(2)9-10(16(3,4)17(15,5)6)12(19)14-13(11(9)18)20-8-21(14)7/h8H,18-19H2,1-7H3. The molecule has 21 heavy (non-hydrogen) atoms. The van der Waals surface area contributed by atoms with E-state index in [4.69, 9.17) is 0 Å². The van der Waals surface area contributed by atoms with Crippen LogP contribution >= 0.6 is 0 Å². The SMILES string of the molecule is Bc1c2c(c(B)c3c1ncn3C)C(C)(C)C(C)(C)C2(C)C. The lowest BCUT2D eigenvalue weighted by atomic mass is 9.58. The van der Waals surface area contributed by atoms with E-state index in [1.807, 2.05) is 6.33 Å². The van der Waals surface area contributed by atoms with E-state index in [1.165, 1.54) is 27.5 Å². The largest absolute Gasteiger partial charge is 0.334 e. The van der Waals surface area contributed by atoms with Crippen LogP contribution < -0.4 is 10.9 Å². The van der Waals surface area contributed by atoms with Crippen molar-refractivity contribution in [3.8, 4) is 0 Å². The normalized spacial score (nSPS) is 21.7. The van der Waals surface area contributed by atoms with Gasteiger partial charge in [0.15, 0.2) is 0 Å². The summed E-state index contributed by atoms with van der Waals surface area (Å²) in [7, 11) is 6.64. The smallest absolute Gasteiger partial charge is 0.142 e. The van der Waals surface area contributed by atoms with Crippen molar-refractivity contribution in [3.63, 3.8) is 0 Å². The molecule has 0 unspecified atom stereocenters. The third kappa shape index (κ3) is 1.39. The second-order valence-electron chi connectivity index (χ2n) is 8.43. The van der Waals surface area contributed by atoms with E-state index in [2.05, 4.69) is 73.8 Å². The van der Waals surface area contributed by atoms with Crippen LogP contribution in [0.5, 0.6) is 0 Å². The van der Waals surface area contributed by atoms with Crippen LogP contribution in [0.3, 0.4) is 0 Å². The Hall–Kier alpha value is -1.18. The van der Waals surface area contributed by atoms with E-state index < -0.39 is 0 Å². The van der Waals surface area contributed by atoms with Gasteiger partial charge in [-0.15, -0.1) is 0 Å². The van der Waals surface area contributed by atoms with Crippen molar-refractivity contribution in [1.82, 2.24) is 9.55 Å². The molecule has 1 aliphatic rings. The maximum Gasteiger partial charge on any atom is 0.142 e. The van der Waals surface area contributed by atoms with Crippen LogP contribution in [0.15, 0.2) is 6.33 Å². The van der Waals surface area contributed by atoms with E-state index in [0.29, 0.717) is 0 Å². The average Bonchev–Trinajstić information content (AvgIpc) is 2.78. The molecular weight excluding hydrogens is 254 g/mol. The van der Waals surface area contributed by atoms with Crippen LogP contribution in [0, 0.1) is 5.41 Å². The molecule has 0 N–H and O–H groups in total. The zero-order valence-corrected chi connectivity index (χ0v) is 15.0. The van der Waals surface area contributed by atoms with Crippen molar-refractivity contribution < 1.29 is 0 Å². The molecule has 1 heterocycles. The first-order valence-electron chi connectivity index (χ1n) is 7.91. The molecule has 0 saturated carbocycles. The number of nitrogens with zero attached hydrogens (tertiary/aromatic N) is 2. The van der Waals surface area contributed by atoms with Crippen LogP contribution in [0.4, 0.5) is 0 Å². The number of aromatic nitrogens is 2. The lowest BCUT2D eigenvalue weighted by Gasteiger charge is -2.45. The molecule has 0 spiro atoms. The molecule has 0 atom stereocenters. The van der Waals surface area contributed by atoms with E-state index in [1.54, 1.807) is 5.56 Å². The van der Waals surface area contributed by atoms with Gasteiger partial charge in [0.25, 0.3) is 0 Å². The third-order valence-electron chi connectivity index (χ3n) is 7.02. The fourth-order valence-electron chi connectivity index (χ4n) is 4.73. The van der Waals surface area contributed by atoms with Crippen LogP contribution in [0.2, 0.25) is 0 Å². The van der Waals surface area contributed by atoms with Crippen LogP contribution in [-0.4, -0.2) is 25.2 Å². The Bertz CT molecular complexity index is 767. The second-order valence-corrected chi connectivity index (χ2v) is 8.43. The topological polar surface area (TPSA) is 17.8 Å². The number of hydrogen-bond acceptors (Lipinski definition) is 1. The summed E-state index contributed by atoms with van der Waals surface area (Å²) in [5, 5.41) is 0. The van der Waals surface area contributed by atoms with Gasteiger partial charge in [0.05, 0.1) is 17.4 Å². The van der Waals surface area contributed by atoms with Crippen LogP contribution in [-0.2, 0) is 17.9 Å². The Labute approximate surface area is 130 Å². The minimum atomic E-state index is 0.145. The molecule has 0 radical (unpaired) electrons. The maximum atomic E-state index is 4.68. The predicted octanol–water partition coefficient (Wildman–Crippen LogP) is 0.685. The van der Waals surface area contributed by atoms with E-state index in [9.17, 15) is 0 Å². The summed E-state index contributed by atoms with van der Waals surface area (Å²) in [5.41, 5.74) is 8.83. The molecule has 3 rings (SSSR count). The first-order valence-corrected chi connectivity index (χ1v) is 7.91. The number of benzene rings is 1. The molecule has 2 nitrogen and oxygen atoms in total. The number of aryl methyl sites for hydroxylation is 1. The minimum absolute atomic E-state index is 0.145. The van der Waals surface area contributed by atoms with Crippen LogP contribution in [0.25, 0.3) is 11.0 Å². The molecular formula is C17H26B2N2. The lowest BCUT2D eigenvalue weighted by molar-refractivity contribution is 0.125. The summed E-state index contributed by atoms with van der Waals surface area (Å²) in [6.07, 6.45) is 1.95. The van der Waals surface area contributed by atoms with Gasteiger partial charge in [-0.05, 0) is 27.4 Å². The molecule has 1 aromatic carbocycles. The zero-order chi connectivity index (χ0) is 16.0. The molecule has 0 saturated heterocycles. The van der Waals surface area contributed by atoms with Gasteiger partial charge in [-0.1, -0.05) is 52.5 Å². The van der Waals surface area contributed by atoms with Crippen molar-refractivity contribution in [1.29, 1.82) is 0 Å². The van der Waals surface area contributed by atoms with Gasteiger partial charge in [0, 0.05) is 7.05 Å². The number of imidazole rings is 1. The molecule has 0 bridgehead atoms. The fraction of sp³-hybridized carbons (Fsp3) is 0.588. The molecule has 110 valence electrons. The van der Waals surface area contributed by atoms with Crippen molar-refractivity contribution >= 4 is 37.7 Å². The quantitative estimate of drug-likeness (QED) is 0.649. The van der Waals surface area contributed by atoms with Gasteiger partial charge in [0.1, 0.15) is 15.7 Å². The number of rotatable bonds is 0. The second kappa shape index (κ2) is 3.77. The van der Waals surface area contributed by atoms with E-state index in [0.717, 1.165) is 0 Å². The first kappa shape index (κ1) is 14.7. The van der Waals surface area contributed by atoms with Crippen molar-refractivity contribution in [2.24, 2.45) is 12.5 Å². The molecule has 0 fully saturated rings. The molecule has 1 aromatic heterocycles.